The SMILES string of the molecule is Cc1cccc(C(=O)Nc2nnc(S(=O)(=O)NC(C)c3cc(C)ccc3C)s2)c1. The molecule has 3 aromatic rings. The van der Waals surface area contributed by atoms with Gasteiger partial charge in [0.05, 0.1) is 0 Å². The second kappa shape index (κ2) is 8.40. The van der Waals surface area contributed by atoms with E-state index in [-0.39, 0.29) is 15.4 Å². The molecule has 0 aliphatic heterocycles. The fourth-order valence-corrected chi connectivity index (χ4v) is 5.03. The Hall–Kier alpha value is -2.62. The zero-order valence-corrected chi connectivity index (χ0v) is 18.2. The van der Waals surface area contributed by atoms with Crippen LogP contribution in [0.4, 0.5) is 5.13 Å². The lowest BCUT2D eigenvalue weighted by Gasteiger charge is -2.16. The van der Waals surface area contributed by atoms with Gasteiger partial charge in [-0.05, 0) is 51.0 Å². The van der Waals surface area contributed by atoms with Gasteiger partial charge in [-0.1, -0.05) is 52.8 Å². The van der Waals surface area contributed by atoms with Crippen molar-refractivity contribution >= 4 is 32.4 Å². The fourth-order valence-electron chi connectivity index (χ4n) is 2.90. The Morgan fingerprint density at radius 1 is 1.03 bits per heavy atom. The van der Waals surface area contributed by atoms with Crippen molar-refractivity contribution < 1.29 is 13.2 Å². The van der Waals surface area contributed by atoms with Gasteiger partial charge in [0.2, 0.25) is 9.47 Å². The summed E-state index contributed by atoms with van der Waals surface area (Å²) in [5.74, 6) is -0.370. The Morgan fingerprint density at radius 2 is 1.76 bits per heavy atom. The summed E-state index contributed by atoms with van der Waals surface area (Å²) in [6.45, 7) is 7.55. The monoisotopic (exact) mass is 430 g/mol. The van der Waals surface area contributed by atoms with E-state index in [0.29, 0.717) is 5.56 Å². The third kappa shape index (κ3) is 5.06. The van der Waals surface area contributed by atoms with E-state index < -0.39 is 16.1 Å². The predicted molar refractivity (Wildman–Crippen MR) is 114 cm³/mol. The van der Waals surface area contributed by atoms with Crippen molar-refractivity contribution in [2.75, 3.05) is 5.32 Å². The molecule has 0 fully saturated rings. The minimum Gasteiger partial charge on any atom is -0.296 e. The van der Waals surface area contributed by atoms with Crippen molar-refractivity contribution in [3.8, 4) is 0 Å². The zero-order valence-electron chi connectivity index (χ0n) is 16.6. The number of nitrogens with zero attached hydrogens (tertiary/aromatic N) is 2. The number of amides is 1. The number of sulfonamides is 1. The highest BCUT2D eigenvalue weighted by molar-refractivity contribution is 7.91. The zero-order chi connectivity index (χ0) is 21.2. The van der Waals surface area contributed by atoms with Gasteiger partial charge >= 0.3 is 0 Å². The van der Waals surface area contributed by atoms with Crippen LogP contribution in [0.2, 0.25) is 0 Å². The van der Waals surface area contributed by atoms with E-state index >= 15 is 0 Å². The van der Waals surface area contributed by atoms with Crippen LogP contribution in [0.1, 0.15) is 45.6 Å². The number of hydrogen-bond acceptors (Lipinski definition) is 6. The lowest BCUT2D eigenvalue weighted by Crippen LogP contribution is -2.27. The maximum Gasteiger partial charge on any atom is 0.270 e. The van der Waals surface area contributed by atoms with E-state index in [2.05, 4.69) is 20.2 Å². The molecule has 1 unspecified atom stereocenters. The molecule has 3 rings (SSSR count). The van der Waals surface area contributed by atoms with Gasteiger partial charge in [0.25, 0.3) is 15.9 Å². The Balaban J connectivity index is 1.74. The fraction of sp³-hybridized carbons (Fsp3) is 0.250. The normalized spacial score (nSPS) is 12.6. The summed E-state index contributed by atoms with van der Waals surface area (Å²) in [6, 6.07) is 12.5. The van der Waals surface area contributed by atoms with Crippen LogP contribution in [0.5, 0.6) is 0 Å². The summed E-state index contributed by atoms with van der Waals surface area (Å²) in [6.07, 6.45) is 0. The quantitative estimate of drug-likeness (QED) is 0.580. The van der Waals surface area contributed by atoms with E-state index in [0.717, 1.165) is 33.6 Å². The molecule has 0 aliphatic carbocycles. The molecule has 0 aliphatic rings. The first-order chi connectivity index (χ1) is 13.7. The maximum atomic E-state index is 12.7. The molecule has 1 atom stereocenters. The first kappa shape index (κ1) is 21.1. The van der Waals surface area contributed by atoms with Gasteiger partial charge in [0.15, 0.2) is 0 Å². The van der Waals surface area contributed by atoms with E-state index in [9.17, 15) is 13.2 Å². The van der Waals surface area contributed by atoms with E-state index in [1.807, 2.05) is 45.0 Å². The van der Waals surface area contributed by atoms with Crippen LogP contribution in [0.15, 0.2) is 46.8 Å². The molecule has 0 radical (unpaired) electrons. The average molecular weight is 431 g/mol. The Morgan fingerprint density at radius 3 is 2.48 bits per heavy atom. The molecule has 2 aromatic carbocycles. The first-order valence-corrected chi connectivity index (χ1v) is 11.3. The van der Waals surface area contributed by atoms with Crippen LogP contribution in [-0.2, 0) is 10.0 Å². The lowest BCUT2D eigenvalue weighted by atomic mass is 10.0. The summed E-state index contributed by atoms with van der Waals surface area (Å²) in [7, 11) is -3.88. The summed E-state index contributed by atoms with van der Waals surface area (Å²) >= 11 is 0.807. The number of anilines is 1. The number of carbonyl (C=O) groups is 1. The lowest BCUT2D eigenvalue weighted by molar-refractivity contribution is 0.102. The van der Waals surface area contributed by atoms with Crippen molar-refractivity contribution in [3.05, 3.63) is 70.3 Å². The van der Waals surface area contributed by atoms with E-state index in [1.54, 1.807) is 25.1 Å². The Labute approximate surface area is 174 Å². The summed E-state index contributed by atoms with van der Waals surface area (Å²) < 4.78 is 27.9. The van der Waals surface area contributed by atoms with Gasteiger partial charge in [-0.25, -0.2) is 13.1 Å². The first-order valence-electron chi connectivity index (χ1n) is 8.97. The molecule has 1 heterocycles. The van der Waals surface area contributed by atoms with Gasteiger partial charge in [0.1, 0.15) is 0 Å². The molecule has 0 saturated heterocycles. The molecule has 0 saturated carbocycles. The number of aromatic nitrogens is 2. The second-order valence-corrected chi connectivity index (χ2v) is 9.76. The maximum absolute atomic E-state index is 12.7. The largest absolute Gasteiger partial charge is 0.296 e. The molecule has 152 valence electrons. The van der Waals surface area contributed by atoms with Crippen molar-refractivity contribution in [1.82, 2.24) is 14.9 Å². The molecule has 0 spiro atoms. The molecule has 1 amide bonds. The third-order valence-corrected chi connectivity index (χ3v) is 7.12. The topological polar surface area (TPSA) is 101 Å². The highest BCUT2D eigenvalue weighted by atomic mass is 32.2. The smallest absolute Gasteiger partial charge is 0.270 e. The Kier molecular flexibility index (Phi) is 6.11. The molecule has 7 nitrogen and oxygen atoms in total. The van der Waals surface area contributed by atoms with Crippen LogP contribution in [0.25, 0.3) is 0 Å². The third-order valence-electron chi connectivity index (χ3n) is 4.37. The van der Waals surface area contributed by atoms with E-state index in [4.69, 9.17) is 0 Å². The van der Waals surface area contributed by atoms with Gasteiger partial charge in [0, 0.05) is 11.6 Å². The second-order valence-electron chi connectivity index (χ2n) is 6.90. The van der Waals surface area contributed by atoms with Gasteiger partial charge < -0.3 is 0 Å². The average Bonchev–Trinajstić information content (AvgIpc) is 3.13. The van der Waals surface area contributed by atoms with Crippen molar-refractivity contribution in [2.45, 2.75) is 38.1 Å². The molecule has 29 heavy (non-hydrogen) atoms. The van der Waals surface area contributed by atoms with Crippen molar-refractivity contribution in [2.24, 2.45) is 0 Å². The summed E-state index contributed by atoms with van der Waals surface area (Å²) in [5.41, 5.74) is 4.35. The number of benzene rings is 2. The molecule has 0 bridgehead atoms. The number of nitrogens with one attached hydrogen (secondary N) is 2. The van der Waals surface area contributed by atoms with Crippen LogP contribution in [0, 0.1) is 20.8 Å². The number of aryl methyl sites for hydroxylation is 3. The van der Waals surface area contributed by atoms with Gasteiger partial charge in [-0.3, -0.25) is 10.1 Å². The van der Waals surface area contributed by atoms with Crippen molar-refractivity contribution in [3.63, 3.8) is 0 Å². The van der Waals surface area contributed by atoms with Crippen LogP contribution < -0.4 is 10.0 Å². The van der Waals surface area contributed by atoms with Crippen molar-refractivity contribution in [1.29, 1.82) is 0 Å². The molecular formula is C20H22N4O3S2. The van der Waals surface area contributed by atoms with Gasteiger partial charge in [-0.2, -0.15) is 0 Å². The predicted octanol–water partition coefficient (Wildman–Crippen LogP) is 3.76. The standard InChI is InChI=1S/C20H22N4O3S2/c1-12-6-5-7-16(10-12)18(25)21-19-22-23-20(28-19)29(26,27)24-15(4)17-11-13(2)8-9-14(17)3/h5-11,15,24H,1-4H3,(H,21,22,25). The molecule has 9 heteroatoms. The molecule has 1 aromatic heterocycles. The highest BCUT2D eigenvalue weighted by Crippen LogP contribution is 2.24. The number of carbonyl (C=O) groups excluding carboxylic acids is 1. The van der Waals surface area contributed by atoms with Crippen LogP contribution >= 0.6 is 11.3 Å². The highest BCUT2D eigenvalue weighted by Gasteiger charge is 2.24. The minimum atomic E-state index is -3.88. The van der Waals surface area contributed by atoms with Crippen LogP contribution in [-0.4, -0.2) is 24.5 Å². The van der Waals surface area contributed by atoms with Crippen LogP contribution in [0.3, 0.4) is 0 Å². The number of hydrogen-bond donors (Lipinski definition) is 2. The minimum absolute atomic E-state index is 0.122. The Bertz CT molecular complexity index is 1160. The summed E-state index contributed by atoms with van der Waals surface area (Å²) in [4.78, 5) is 12.3. The van der Waals surface area contributed by atoms with Gasteiger partial charge in [-0.15, -0.1) is 10.2 Å². The molecule has 2 N–H and O–H groups in total. The van der Waals surface area contributed by atoms with E-state index in [1.165, 1.54) is 0 Å². The molecular weight excluding hydrogens is 408 g/mol. The summed E-state index contributed by atoms with van der Waals surface area (Å²) in [5, 5.41) is 10.3. The number of rotatable bonds is 6.